The first kappa shape index (κ1) is 12.4. The average Bonchev–Trinajstić information content (AvgIpc) is 2.43. The minimum Gasteiger partial charge on any atom is -0.397 e. The SMILES string of the molecule is Nc1cnc2ccc(Br)cc2c1Sc1ccccn1. The predicted molar refractivity (Wildman–Crippen MR) is 82.2 cm³/mol. The van der Waals surface area contributed by atoms with Crippen LogP contribution in [0.25, 0.3) is 10.9 Å². The summed E-state index contributed by atoms with van der Waals surface area (Å²) in [5.74, 6) is 0. The van der Waals surface area contributed by atoms with E-state index in [1.807, 2.05) is 36.4 Å². The molecule has 5 heteroatoms. The van der Waals surface area contributed by atoms with E-state index in [1.165, 1.54) is 0 Å². The molecule has 0 saturated heterocycles. The van der Waals surface area contributed by atoms with Crippen LogP contribution in [0.5, 0.6) is 0 Å². The molecule has 0 aliphatic rings. The van der Waals surface area contributed by atoms with E-state index >= 15 is 0 Å². The Kier molecular flexibility index (Phi) is 3.40. The summed E-state index contributed by atoms with van der Waals surface area (Å²) >= 11 is 5.04. The zero-order chi connectivity index (χ0) is 13.2. The second-order valence-corrected chi connectivity index (χ2v) is 5.92. The van der Waals surface area contributed by atoms with Crippen molar-refractivity contribution in [3.8, 4) is 0 Å². The minimum atomic E-state index is 0.668. The molecular formula is C14H10BrN3S. The lowest BCUT2D eigenvalue weighted by Crippen LogP contribution is -1.93. The van der Waals surface area contributed by atoms with Gasteiger partial charge in [0.1, 0.15) is 5.03 Å². The lowest BCUT2D eigenvalue weighted by atomic mass is 10.2. The maximum Gasteiger partial charge on any atom is 0.101 e. The van der Waals surface area contributed by atoms with E-state index in [-0.39, 0.29) is 0 Å². The molecule has 2 aromatic heterocycles. The van der Waals surface area contributed by atoms with E-state index < -0.39 is 0 Å². The summed E-state index contributed by atoms with van der Waals surface area (Å²) in [5.41, 5.74) is 7.65. The van der Waals surface area contributed by atoms with Gasteiger partial charge in [0, 0.05) is 21.0 Å². The summed E-state index contributed by atoms with van der Waals surface area (Å²) in [5, 5.41) is 1.95. The fourth-order valence-corrected chi connectivity index (χ4v) is 3.06. The third-order valence-electron chi connectivity index (χ3n) is 2.65. The summed E-state index contributed by atoms with van der Waals surface area (Å²) in [4.78, 5) is 9.65. The van der Waals surface area contributed by atoms with Crippen LogP contribution in [0.2, 0.25) is 0 Å². The number of hydrogen-bond acceptors (Lipinski definition) is 4. The largest absolute Gasteiger partial charge is 0.397 e. The molecule has 0 atom stereocenters. The van der Waals surface area contributed by atoms with Crippen molar-refractivity contribution >= 4 is 44.3 Å². The number of nitrogens with two attached hydrogens (primary N) is 1. The van der Waals surface area contributed by atoms with E-state index in [4.69, 9.17) is 5.73 Å². The molecular weight excluding hydrogens is 322 g/mol. The lowest BCUT2D eigenvalue weighted by Gasteiger charge is -2.08. The van der Waals surface area contributed by atoms with Crippen LogP contribution in [0.15, 0.2) is 63.2 Å². The number of anilines is 1. The maximum atomic E-state index is 6.06. The second kappa shape index (κ2) is 5.19. The van der Waals surface area contributed by atoms with Gasteiger partial charge in [-0.25, -0.2) is 4.98 Å². The van der Waals surface area contributed by atoms with E-state index in [1.54, 1.807) is 24.2 Å². The fraction of sp³-hybridized carbons (Fsp3) is 0. The third kappa shape index (κ3) is 2.57. The van der Waals surface area contributed by atoms with Gasteiger partial charge in [-0.2, -0.15) is 0 Å². The Balaban J connectivity index is 2.16. The quantitative estimate of drug-likeness (QED) is 0.767. The Morgan fingerprint density at radius 2 is 2.00 bits per heavy atom. The van der Waals surface area contributed by atoms with Gasteiger partial charge in [0.25, 0.3) is 0 Å². The third-order valence-corrected chi connectivity index (χ3v) is 4.26. The second-order valence-electron chi connectivity index (χ2n) is 3.97. The molecule has 3 aromatic rings. The zero-order valence-electron chi connectivity index (χ0n) is 9.88. The van der Waals surface area contributed by atoms with Crippen LogP contribution in [-0.2, 0) is 0 Å². The van der Waals surface area contributed by atoms with Crippen molar-refractivity contribution < 1.29 is 0 Å². The van der Waals surface area contributed by atoms with Gasteiger partial charge in [0.2, 0.25) is 0 Å². The molecule has 94 valence electrons. The number of rotatable bonds is 2. The number of hydrogen-bond donors (Lipinski definition) is 1. The van der Waals surface area contributed by atoms with Crippen LogP contribution < -0.4 is 5.73 Å². The monoisotopic (exact) mass is 331 g/mol. The van der Waals surface area contributed by atoms with Crippen molar-refractivity contribution in [1.29, 1.82) is 0 Å². The van der Waals surface area contributed by atoms with Crippen LogP contribution in [-0.4, -0.2) is 9.97 Å². The predicted octanol–water partition coefficient (Wildman–Crippen LogP) is 4.13. The van der Waals surface area contributed by atoms with E-state index in [9.17, 15) is 0 Å². The Morgan fingerprint density at radius 1 is 1.11 bits per heavy atom. The molecule has 0 spiro atoms. The first-order valence-corrected chi connectivity index (χ1v) is 7.27. The highest BCUT2D eigenvalue weighted by Gasteiger charge is 2.09. The summed E-state index contributed by atoms with van der Waals surface area (Å²) in [6, 6.07) is 11.8. The molecule has 3 nitrogen and oxygen atoms in total. The number of aromatic nitrogens is 2. The van der Waals surface area contributed by atoms with Crippen LogP contribution in [0.3, 0.4) is 0 Å². The fourth-order valence-electron chi connectivity index (χ4n) is 1.78. The number of benzene rings is 1. The summed E-state index contributed by atoms with van der Waals surface area (Å²) in [7, 11) is 0. The molecule has 0 unspecified atom stereocenters. The Morgan fingerprint density at radius 3 is 2.79 bits per heavy atom. The Bertz CT molecular complexity index is 726. The summed E-state index contributed by atoms with van der Waals surface area (Å²) in [6.45, 7) is 0. The maximum absolute atomic E-state index is 6.06. The number of nitrogens with zero attached hydrogens (tertiary/aromatic N) is 2. The molecule has 0 radical (unpaired) electrons. The van der Waals surface area contributed by atoms with Gasteiger partial charge in [-0.15, -0.1) is 0 Å². The van der Waals surface area contributed by atoms with Gasteiger partial charge in [0.05, 0.1) is 17.4 Å². The van der Waals surface area contributed by atoms with Crippen molar-refractivity contribution in [3.63, 3.8) is 0 Å². The van der Waals surface area contributed by atoms with Crippen LogP contribution >= 0.6 is 27.7 Å². The molecule has 0 aliphatic carbocycles. The Labute approximate surface area is 123 Å². The molecule has 0 aliphatic heterocycles. The van der Waals surface area contributed by atoms with Gasteiger partial charge in [-0.1, -0.05) is 33.8 Å². The summed E-state index contributed by atoms with van der Waals surface area (Å²) in [6.07, 6.45) is 3.47. The highest BCUT2D eigenvalue weighted by molar-refractivity contribution is 9.10. The topological polar surface area (TPSA) is 51.8 Å². The average molecular weight is 332 g/mol. The van der Waals surface area contributed by atoms with Crippen LogP contribution in [0.1, 0.15) is 0 Å². The molecule has 19 heavy (non-hydrogen) atoms. The number of nitrogen functional groups attached to an aromatic ring is 1. The van der Waals surface area contributed by atoms with Gasteiger partial charge in [-0.3, -0.25) is 4.98 Å². The van der Waals surface area contributed by atoms with Crippen LogP contribution in [0, 0.1) is 0 Å². The normalized spacial score (nSPS) is 10.8. The molecule has 1 aromatic carbocycles. The molecule has 0 fully saturated rings. The van der Waals surface area contributed by atoms with Crippen molar-refractivity contribution in [2.24, 2.45) is 0 Å². The Hall–Kier alpha value is -1.59. The standard InChI is InChI=1S/C14H10BrN3S/c15-9-4-5-12-10(7-9)14(11(16)8-18-12)19-13-3-1-2-6-17-13/h1-8H,16H2. The van der Waals surface area contributed by atoms with Gasteiger partial charge in [-0.05, 0) is 30.3 Å². The van der Waals surface area contributed by atoms with Crippen molar-refractivity contribution in [2.75, 3.05) is 5.73 Å². The highest BCUT2D eigenvalue weighted by Crippen LogP contribution is 2.36. The smallest absolute Gasteiger partial charge is 0.101 e. The zero-order valence-corrected chi connectivity index (χ0v) is 12.3. The number of pyridine rings is 2. The number of halogens is 1. The molecule has 3 rings (SSSR count). The molecule has 0 saturated carbocycles. The molecule has 0 amide bonds. The molecule has 0 bridgehead atoms. The minimum absolute atomic E-state index is 0.668. The van der Waals surface area contributed by atoms with E-state index in [0.717, 1.165) is 25.3 Å². The van der Waals surface area contributed by atoms with E-state index in [0.29, 0.717) is 5.69 Å². The first-order valence-electron chi connectivity index (χ1n) is 5.66. The molecule has 2 N–H and O–H groups in total. The van der Waals surface area contributed by atoms with Crippen molar-refractivity contribution in [2.45, 2.75) is 9.92 Å². The lowest BCUT2D eigenvalue weighted by molar-refractivity contribution is 1.13. The van der Waals surface area contributed by atoms with Gasteiger partial charge < -0.3 is 5.73 Å². The summed E-state index contributed by atoms with van der Waals surface area (Å²) < 4.78 is 1.01. The van der Waals surface area contributed by atoms with Gasteiger partial charge >= 0.3 is 0 Å². The highest BCUT2D eigenvalue weighted by atomic mass is 79.9. The number of fused-ring (bicyclic) bond motifs is 1. The van der Waals surface area contributed by atoms with Crippen molar-refractivity contribution in [1.82, 2.24) is 9.97 Å². The molecule has 2 heterocycles. The van der Waals surface area contributed by atoms with Crippen LogP contribution in [0.4, 0.5) is 5.69 Å². The van der Waals surface area contributed by atoms with Gasteiger partial charge in [0.15, 0.2) is 0 Å². The van der Waals surface area contributed by atoms with E-state index in [2.05, 4.69) is 25.9 Å². The van der Waals surface area contributed by atoms with Crippen molar-refractivity contribution in [3.05, 3.63) is 53.3 Å². The first-order chi connectivity index (χ1) is 9.24.